The third-order valence-electron chi connectivity index (χ3n) is 5.88. The van der Waals surface area contributed by atoms with Crippen molar-refractivity contribution in [1.29, 1.82) is 0 Å². The Kier molecular flexibility index (Phi) is 6.03. The van der Waals surface area contributed by atoms with Crippen LogP contribution in [0, 0.1) is 0 Å². The fourth-order valence-corrected chi connectivity index (χ4v) is 4.81. The molecule has 0 radical (unpaired) electrons. The van der Waals surface area contributed by atoms with E-state index in [2.05, 4.69) is 56.3 Å². The van der Waals surface area contributed by atoms with E-state index in [-0.39, 0.29) is 12.1 Å². The summed E-state index contributed by atoms with van der Waals surface area (Å²) >= 11 is 12.1. The average Bonchev–Trinajstić information content (AvgIpc) is 3.45. The number of nitrogens with zero attached hydrogens (tertiary/aromatic N) is 3. The van der Waals surface area contributed by atoms with E-state index in [1.165, 1.54) is 0 Å². The summed E-state index contributed by atoms with van der Waals surface area (Å²) in [7, 11) is 1.67. The second-order valence-electron chi connectivity index (χ2n) is 7.89. The largest absolute Gasteiger partial charge is 0.497 e. The highest BCUT2D eigenvalue weighted by Gasteiger charge is 2.41. The van der Waals surface area contributed by atoms with Gasteiger partial charge in [0.25, 0.3) is 0 Å². The van der Waals surface area contributed by atoms with Gasteiger partial charge in [0, 0.05) is 35.3 Å². The van der Waals surface area contributed by atoms with Gasteiger partial charge in [-0.1, -0.05) is 35.9 Å². The molecule has 0 bridgehead atoms. The number of halogens is 1. The molecule has 166 valence electrons. The molecule has 0 unspecified atom stereocenters. The normalized spacial score (nSPS) is 17.8. The Morgan fingerprint density at radius 3 is 2.61 bits per heavy atom. The topological polar surface area (TPSA) is 42.3 Å². The Balaban J connectivity index is 1.58. The lowest BCUT2D eigenvalue weighted by atomic mass is 10.0. The lowest BCUT2D eigenvalue weighted by molar-refractivity contribution is 0.302. The average molecular weight is 475 g/mol. The number of hydrogen-bond acceptors (Lipinski definition) is 3. The molecule has 4 aromatic rings. The molecule has 2 aromatic carbocycles. The lowest BCUT2D eigenvalue weighted by Crippen LogP contribution is -2.30. The Morgan fingerprint density at radius 2 is 1.88 bits per heavy atom. The number of ether oxygens (including phenoxy) is 1. The van der Waals surface area contributed by atoms with Crippen LogP contribution in [0.3, 0.4) is 0 Å². The van der Waals surface area contributed by atoms with Crippen LogP contribution in [0.15, 0.2) is 91.3 Å². The van der Waals surface area contributed by atoms with Crippen molar-refractivity contribution in [3.8, 4) is 11.4 Å². The number of rotatable bonds is 6. The van der Waals surface area contributed by atoms with Crippen LogP contribution in [0.5, 0.6) is 5.75 Å². The van der Waals surface area contributed by atoms with Crippen LogP contribution in [-0.4, -0.2) is 26.7 Å². The summed E-state index contributed by atoms with van der Waals surface area (Å²) in [5, 5.41) is 4.92. The summed E-state index contributed by atoms with van der Waals surface area (Å²) in [6.07, 6.45) is 3.88. The van der Waals surface area contributed by atoms with Crippen LogP contribution < -0.4 is 10.1 Å². The van der Waals surface area contributed by atoms with Gasteiger partial charge in [-0.3, -0.25) is 4.98 Å². The monoisotopic (exact) mass is 474 g/mol. The maximum absolute atomic E-state index is 6.31. The molecule has 0 spiro atoms. The summed E-state index contributed by atoms with van der Waals surface area (Å²) in [5.41, 5.74) is 4.20. The predicted octanol–water partition coefficient (Wildman–Crippen LogP) is 5.71. The number of thiocarbonyl (C=S) groups is 1. The lowest BCUT2D eigenvalue weighted by Gasteiger charge is -2.29. The minimum Gasteiger partial charge on any atom is -0.497 e. The predicted molar refractivity (Wildman–Crippen MR) is 135 cm³/mol. The first-order valence-corrected chi connectivity index (χ1v) is 11.5. The van der Waals surface area contributed by atoms with Crippen molar-refractivity contribution in [1.82, 2.24) is 19.8 Å². The Bertz CT molecular complexity index is 1260. The molecule has 1 saturated heterocycles. The second kappa shape index (κ2) is 9.25. The molecule has 0 amide bonds. The smallest absolute Gasteiger partial charge is 0.170 e. The van der Waals surface area contributed by atoms with Crippen LogP contribution in [-0.2, 0) is 6.54 Å². The molecule has 5 rings (SSSR count). The highest BCUT2D eigenvalue weighted by Crippen LogP contribution is 2.40. The molecule has 2 aromatic heterocycles. The fraction of sp³-hybridized carbons (Fsp3) is 0.154. The van der Waals surface area contributed by atoms with Crippen LogP contribution in [0.4, 0.5) is 0 Å². The molecular formula is C26H23ClN4OS. The minimum atomic E-state index is -0.0928. The van der Waals surface area contributed by atoms with Gasteiger partial charge in [-0.05, 0) is 72.4 Å². The van der Waals surface area contributed by atoms with Crippen molar-refractivity contribution in [3.05, 3.63) is 113 Å². The fourth-order valence-electron chi connectivity index (χ4n) is 4.32. The second-order valence-corrected chi connectivity index (χ2v) is 8.71. The highest BCUT2D eigenvalue weighted by atomic mass is 35.5. The zero-order chi connectivity index (χ0) is 22.8. The van der Waals surface area contributed by atoms with Crippen molar-refractivity contribution in [2.45, 2.75) is 18.6 Å². The Labute approximate surface area is 203 Å². The molecule has 2 atom stereocenters. The SMILES string of the molecule is COc1ccc(CN2C(=S)N[C@H](c3ccccn3)[C@@H]2c2cccn2-c2cccc(Cl)c2)cc1. The first kappa shape index (κ1) is 21.5. The van der Waals surface area contributed by atoms with Gasteiger partial charge in [-0.25, -0.2) is 0 Å². The molecule has 1 fully saturated rings. The summed E-state index contributed by atoms with van der Waals surface area (Å²) in [4.78, 5) is 6.87. The molecule has 5 nitrogen and oxygen atoms in total. The van der Waals surface area contributed by atoms with Gasteiger partial charge < -0.3 is 19.5 Å². The molecule has 7 heteroatoms. The van der Waals surface area contributed by atoms with Crippen molar-refractivity contribution in [2.75, 3.05) is 7.11 Å². The van der Waals surface area contributed by atoms with Crippen molar-refractivity contribution in [2.24, 2.45) is 0 Å². The van der Waals surface area contributed by atoms with Gasteiger partial charge in [0.1, 0.15) is 5.75 Å². The van der Waals surface area contributed by atoms with Gasteiger partial charge in [0.15, 0.2) is 5.11 Å². The van der Waals surface area contributed by atoms with E-state index >= 15 is 0 Å². The van der Waals surface area contributed by atoms with Crippen LogP contribution >= 0.6 is 23.8 Å². The van der Waals surface area contributed by atoms with Gasteiger partial charge in [0.2, 0.25) is 0 Å². The minimum absolute atomic E-state index is 0.0662. The number of hydrogen-bond donors (Lipinski definition) is 1. The number of aromatic nitrogens is 2. The van der Waals surface area contributed by atoms with E-state index in [0.29, 0.717) is 16.7 Å². The summed E-state index contributed by atoms with van der Waals surface area (Å²) in [6, 6.07) is 26.0. The van der Waals surface area contributed by atoms with Gasteiger partial charge in [-0.2, -0.15) is 0 Å². The third kappa shape index (κ3) is 4.32. The van der Waals surface area contributed by atoms with Gasteiger partial charge >= 0.3 is 0 Å². The van der Waals surface area contributed by atoms with E-state index in [9.17, 15) is 0 Å². The molecule has 1 N–H and O–H groups in total. The molecule has 1 aliphatic rings. The zero-order valence-electron chi connectivity index (χ0n) is 18.1. The van der Waals surface area contributed by atoms with Crippen LogP contribution in [0.1, 0.15) is 29.0 Å². The number of benzene rings is 2. The Morgan fingerprint density at radius 1 is 1.03 bits per heavy atom. The van der Waals surface area contributed by atoms with E-state index < -0.39 is 0 Å². The molecular weight excluding hydrogens is 452 g/mol. The number of nitrogens with one attached hydrogen (secondary N) is 1. The maximum Gasteiger partial charge on any atom is 0.170 e. The number of methoxy groups -OCH3 is 1. The molecule has 3 heterocycles. The van der Waals surface area contributed by atoms with Crippen molar-refractivity contribution < 1.29 is 4.74 Å². The van der Waals surface area contributed by atoms with E-state index in [0.717, 1.165) is 28.4 Å². The standard InChI is InChI=1S/C26H23ClN4OS/c1-32-21-12-10-18(11-13-21)17-31-25(24(29-26(31)33)22-8-2-3-14-28-22)23-9-5-15-30(23)20-7-4-6-19(27)16-20/h2-16,24-25H,17H2,1H3,(H,29,33)/t24-,25+/m1/s1. The first-order valence-electron chi connectivity index (χ1n) is 10.7. The van der Waals surface area contributed by atoms with Crippen LogP contribution in [0.2, 0.25) is 5.02 Å². The maximum atomic E-state index is 6.31. The summed E-state index contributed by atoms with van der Waals surface area (Å²) in [5.74, 6) is 0.832. The molecule has 0 aliphatic carbocycles. The first-order chi connectivity index (χ1) is 16.1. The number of pyridine rings is 1. The molecule has 33 heavy (non-hydrogen) atoms. The summed E-state index contributed by atoms with van der Waals surface area (Å²) in [6.45, 7) is 0.657. The van der Waals surface area contributed by atoms with Crippen LogP contribution in [0.25, 0.3) is 5.69 Å². The molecule has 0 saturated carbocycles. The van der Waals surface area contributed by atoms with Gasteiger partial charge in [0.05, 0.1) is 24.9 Å². The van der Waals surface area contributed by atoms with E-state index in [4.69, 9.17) is 28.6 Å². The highest BCUT2D eigenvalue weighted by molar-refractivity contribution is 7.80. The third-order valence-corrected chi connectivity index (χ3v) is 6.47. The molecule has 1 aliphatic heterocycles. The van der Waals surface area contributed by atoms with Crippen molar-refractivity contribution >= 4 is 28.9 Å². The van der Waals surface area contributed by atoms with E-state index in [1.54, 1.807) is 7.11 Å². The zero-order valence-corrected chi connectivity index (χ0v) is 19.6. The van der Waals surface area contributed by atoms with E-state index in [1.807, 2.05) is 54.7 Å². The van der Waals surface area contributed by atoms with Gasteiger partial charge in [-0.15, -0.1) is 0 Å². The quantitative estimate of drug-likeness (QED) is 0.363. The Hall–Kier alpha value is -3.35. The van der Waals surface area contributed by atoms with Crippen molar-refractivity contribution in [3.63, 3.8) is 0 Å². The summed E-state index contributed by atoms with van der Waals surface area (Å²) < 4.78 is 7.49.